The number of rotatable bonds is 8. The maximum absolute atomic E-state index is 12.0. The van der Waals surface area contributed by atoms with Crippen molar-refractivity contribution in [3.8, 4) is 0 Å². The Labute approximate surface area is 130 Å². The van der Waals surface area contributed by atoms with E-state index in [9.17, 15) is 9.90 Å². The van der Waals surface area contributed by atoms with E-state index in [4.69, 9.17) is 0 Å². The normalized spacial score (nSPS) is 12.2. The Morgan fingerprint density at radius 3 is 2.62 bits per heavy atom. The van der Waals surface area contributed by atoms with Crippen molar-refractivity contribution in [3.05, 3.63) is 5.01 Å². The molecule has 7 heteroatoms. The standard InChI is InChI=1S/C14H26N4O2S/c1-6-18(9-14(4,5)20)8-11(19)15-13-17-16-12(21-13)7-10(2)3/h10,20H,6-9H2,1-5H3,(H,15,17,19). The van der Waals surface area contributed by atoms with Crippen molar-refractivity contribution in [2.45, 2.75) is 46.6 Å². The molecule has 0 fully saturated rings. The highest BCUT2D eigenvalue weighted by Gasteiger charge is 2.19. The number of hydrogen-bond donors (Lipinski definition) is 2. The van der Waals surface area contributed by atoms with Gasteiger partial charge < -0.3 is 5.11 Å². The number of carbonyl (C=O) groups excluding carboxylic acids is 1. The van der Waals surface area contributed by atoms with Crippen LogP contribution in [-0.2, 0) is 11.2 Å². The van der Waals surface area contributed by atoms with E-state index in [2.05, 4.69) is 29.4 Å². The fraction of sp³-hybridized carbons (Fsp3) is 0.786. The van der Waals surface area contributed by atoms with Crippen LogP contribution in [-0.4, -0.2) is 51.3 Å². The first-order valence-corrected chi connectivity index (χ1v) is 8.08. The van der Waals surface area contributed by atoms with Crippen LogP contribution in [0.4, 0.5) is 5.13 Å². The first-order valence-electron chi connectivity index (χ1n) is 7.26. The van der Waals surface area contributed by atoms with E-state index in [1.807, 2.05) is 11.8 Å². The summed E-state index contributed by atoms with van der Waals surface area (Å²) in [4.78, 5) is 13.9. The Morgan fingerprint density at radius 1 is 1.43 bits per heavy atom. The molecule has 0 aliphatic carbocycles. The minimum absolute atomic E-state index is 0.131. The van der Waals surface area contributed by atoms with Gasteiger partial charge in [0.15, 0.2) is 0 Å². The van der Waals surface area contributed by atoms with Crippen molar-refractivity contribution in [2.24, 2.45) is 5.92 Å². The third-order valence-electron chi connectivity index (χ3n) is 2.72. The van der Waals surface area contributed by atoms with E-state index in [0.29, 0.717) is 24.1 Å². The van der Waals surface area contributed by atoms with Crippen LogP contribution in [0.25, 0.3) is 0 Å². The zero-order chi connectivity index (χ0) is 16.0. The second-order valence-electron chi connectivity index (χ2n) is 6.26. The molecule has 0 saturated heterocycles. The number of aromatic nitrogens is 2. The van der Waals surface area contributed by atoms with Crippen molar-refractivity contribution >= 4 is 22.4 Å². The molecule has 0 unspecified atom stereocenters. The third kappa shape index (κ3) is 7.50. The van der Waals surface area contributed by atoms with E-state index in [1.54, 1.807) is 13.8 Å². The molecule has 1 aromatic heterocycles. The average molecular weight is 314 g/mol. The summed E-state index contributed by atoms with van der Waals surface area (Å²) in [5.74, 6) is 0.386. The Balaban J connectivity index is 2.50. The van der Waals surface area contributed by atoms with Gasteiger partial charge in [0.25, 0.3) is 0 Å². The van der Waals surface area contributed by atoms with E-state index in [1.165, 1.54) is 11.3 Å². The molecule has 0 aliphatic heterocycles. The largest absolute Gasteiger partial charge is 0.389 e. The van der Waals surface area contributed by atoms with Crippen molar-refractivity contribution < 1.29 is 9.90 Å². The maximum Gasteiger partial charge on any atom is 0.240 e. The zero-order valence-electron chi connectivity index (χ0n) is 13.5. The summed E-state index contributed by atoms with van der Waals surface area (Å²) in [7, 11) is 0. The summed E-state index contributed by atoms with van der Waals surface area (Å²) >= 11 is 1.42. The molecule has 0 radical (unpaired) electrons. The number of nitrogens with one attached hydrogen (secondary N) is 1. The molecule has 1 heterocycles. The van der Waals surface area contributed by atoms with Crippen LogP contribution >= 0.6 is 11.3 Å². The molecular weight excluding hydrogens is 288 g/mol. The summed E-state index contributed by atoms with van der Waals surface area (Å²) in [6.07, 6.45) is 0.868. The fourth-order valence-electron chi connectivity index (χ4n) is 1.92. The molecule has 1 aromatic rings. The molecule has 6 nitrogen and oxygen atoms in total. The lowest BCUT2D eigenvalue weighted by Crippen LogP contribution is -2.42. The lowest BCUT2D eigenvalue weighted by Gasteiger charge is -2.27. The summed E-state index contributed by atoms with van der Waals surface area (Å²) in [6, 6.07) is 0. The fourth-order valence-corrected chi connectivity index (χ4v) is 2.89. The maximum atomic E-state index is 12.0. The second-order valence-corrected chi connectivity index (χ2v) is 7.32. The molecule has 1 amide bonds. The van der Waals surface area contributed by atoms with Gasteiger partial charge in [-0.25, -0.2) is 0 Å². The van der Waals surface area contributed by atoms with Crippen LogP contribution in [0, 0.1) is 5.92 Å². The lowest BCUT2D eigenvalue weighted by atomic mass is 10.1. The van der Waals surface area contributed by atoms with E-state index in [-0.39, 0.29) is 12.5 Å². The SMILES string of the molecule is CCN(CC(=O)Nc1nnc(CC(C)C)s1)CC(C)(C)O. The molecular formula is C14H26N4O2S. The molecule has 0 bridgehead atoms. The summed E-state index contributed by atoms with van der Waals surface area (Å²) in [5, 5.41) is 22.1. The van der Waals surface area contributed by atoms with Gasteiger partial charge in [0.2, 0.25) is 11.0 Å². The topological polar surface area (TPSA) is 78.4 Å². The van der Waals surface area contributed by atoms with Crippen LogP contribution in [0.15, 0.2) is 0 Å². The van der Waals surface area contributed by atoms with Gasteiger partial charge in [-0.1, -0.05) is 32.1 Å². The highest BCUT2D eigenvalue weighted by molar-refractivity contribution is 7.15. The number of nitrogens with zero attached hydrogens (tertiary/aromatic N) is 3. The van der Waals surface area contributed by atoms with E-state index in [0.717, 1.165) is 11.4 Å². The monoisotopic (exact) mass is 314 g/mol. The van der Waals surface area contributed by atoms with Gasteiger partial charge in [-0.05, 0) is 26.3 Å². The smallest absolute Gasteiger partial charge is 0.240 e. The second kappa shape index (κ2) is 7.82. The molecule has 21 heavy (non-hydrogen) atoms. The molecule has 0 saturated carbocycles. The van der Waals surface area contributed by atoms with Crippen LogP contribution in [0.3, 0.4) is 0 Å². The van der Waals surface area contributed by atoms with Gasteiger partial charge >= 0.3 is 0 Å². The average Bonchev–Trinajstić information content (AvgIpc) is 2.72. The van der Waals surface area contributed by atoms with Crippen molar-refractivity contribution in [1.29, 1.82) is 0 Å². The predicted octanol–water partition coefficient (Wildman–Crippen LogP) is 1.77. The Kier molecular flexibility index (Phi) is 6.70. The summed E-state index contributed by atoms with van der Waals surface area (Å²) in [6.45, 7) is 11.1. The van der Waals surface area contributed by atoms with Crippen LogP contribution in [0.1, 0.15) is 39.6 Å². The van der Waals surface area contributed by atoms with Gasteiger partial charge in [0.05, 0.1) is 12.1 Å². The van der Waals surface area contributed by atoms with Gasteiger partial charge in [0.1, 0.15) is 5.01 Å². The molecule has 0 aromatic carbocycles. The number of carbonyl (C=O) groups is 1. The van der Waals surface area contributed by atoms with Crippen LogP contribution in [0.5, 0.6) is 0 Å². The third-order valence-corrected chi connectivity index (χ3v) is 3.58. The Bertz CT molecular complexity index is 454. The molecule has 0 aliphatic rings. The minimum atomic E-state index is -0.816. The number of amides is 1. The molecule has 120 valence electrons. The predicted molar refractivity (Wildman–Crippen MR) is 85.5 cm³/mol. The number of hydrogen-bond acceptors (Lipinski definition) is 6. The molecule has 0 spiro atoms. The van der Waals surface area contributed by atoms with Crippen LogP contribution in [0.2, 0.25) is 0 Å². The van der Waals surface area contributed by atoms with Crippen molar-refractivity contribution in [2.75, 3.05) is 25.0 Å². The number of aliphatic hydroxyl groups is 1. The van der Waals surface area contributed by atoms with Gasteiger partial charge in [-0.2, -0.15) is 0 Å². The number of likely N-dealkylation sites (N-methyl/N-ethyl adjacent to an activating group) is 1. The molecule has 2 N–H and O–H groups in total. The number of anilines is 1. The first kappa shape index (κ1) is 18.0. The Morgan fingerprint density at radius 2 is 2.10 bits per heavy atom. The quantitative estimate of drug-likeness (QED) is 0.764. The summed E-state index contributed by atoms with van der Waals surface area (Å²) in [5.41, 5.74) is -0.816. The van der Waals surface area contributed by atoms with Gasteiger partial charge in [0, 0.05) is 13.0 Å². The van der Waals surface area contributed by atoms with E-state index >= 15 is 0 Å². The molecule has 0 atom stereocenters. The van der Waals surface area contributed by atoms with E-state index < -0.39 is 5.60 Å². The highest BCUT2D eigenvalue weighted by Crippen LogP contribution is 2.18. The zero-order valence-corrected chi connectivity index (χ0v) is 14.3. The minimum Gasteiger partial charge on any atom is -0.389 e. The lowest BCUT2D eigenvalue weighted by molar-refractivity contribution is -0.117. The van der Waals surface area contributed by atoms with Crippen LogP contribution < -0.4 is 5.32 Å². The highest BCUT2D eigenvalue weighted by atomic mass is 32.1. The van der Waals surface area contributed by atoms with Crippen molar-refractivity contribution in [3.63, 3.8) is 0 Å². The molecule has 1 rings (SSSR count). The summed E-state index contributed by atoms with van der Waals surface area (Å²) < 4.78 is 0. The van der Waals surface area contributed by atoms with Gasteiger partial charge in [-0.3, -0.25) is 15.0 Å². The van der Waals surface area contributed by atoms with Gasteiger partial charge in [-0.15, -0.1) is 10.2 Å². The first-order chi connectivity index (χ1) is 9.69. The Hall–Kier alpha value is -1.05. The van der Waals surface area contributed by atoms with Crippen molar-refractivity contribution in [1.82, 2.24) is 15.1 Å².